The fourth-order valence-corrected chi connectivity index (χ4v) is 4.02. The van der Waals surface area contributed by atoms with Gasteiger partial charge in [0, 0.05) is 0 Å². The molecule has 0 aliphatic rings. The van der Waals surface area contributed by atoms with E-state index in [9.17, 15) is 18.0 Å². The number of rotatable bonds is 16. The van der Waals surface area contributed by atoms with Crippen molar-refractivity contribution in [3.8, 4) is 22.6 Å². The lowest BCUT2D eigenvalue weighted by atomic mass is 9.83. The van der Waals surface area contributed by atoms with Gasteiger partial charge in [0.25, 0.3) is 0 Å². The maximum absolute atomic E-state index is 13.7. The number of ether oxygens (including phenoxy) is 2. The Bertz CT molecular complexity index is 891. The van der Waals surface area contributed by atoms with Gasteiger partial charge in [0.05, 0.1) is 6.61 Å². The zero-order valence-electron chi connectivity index (χ0n) is 22.0. The van der Waals surface area contributed by atoms with Crippen LogP contribution in [0.4, 0.5) is 13.2 Å². The molecule has 36 heavy (non-hydrogen) atoms. The van der Waals surface area contributed by atoms with E-state index in [1.807, 2.05) is 31.2 Å². The second-order valence-corrected chi connectivity index (χ2v) is 9.70. The number of unbranched alkanes of at least 4 members (excludes halogenated alkanes) is 8. The molecule has 2 aromatic carbocycles. The van der Waals surface area contributed by atoms with Gasteiger partial charge in [0.2, 0.25) is 0 Å². The Morgan fingerprint density at radius 1 is 0.694 bits per heavy atom. The predicted molar refractivity (Wildman–Crippen MR) is 139 cm³/mol. The summed E-state index contributed by atoms with van der Waals surface area (Å²) in [4.78, 5) is 12.6. The van der Waals surface area contributed by atoms with Crippen LogP contribution in [-0.4, -0.2) is 18.8 Å². The molecule has 0 saturated heterocycles. The number of hydrogen-bond acceptors (Lipinski definition) is 3. The van der Waals surface area contributed by atoms with Gasteiger partial charge in [-0.15, -0.1) is 0 Å². The average Bonchev–Trinajstić information content (AvgIpc) is 2.86. The molecule has 200 valence electrons. The zero-order chi connectivity index (χ0) is 26.4. The maximum atomic E-state index is 13.7. The van der Waals surface area contributed by atoms with Crippen LogP contribution < -0.4 is 9.47 Å². The van der Waals surface area contributed by atoms with Crippen LogP contribution in [0.3, 0.4) is 0 Å². The molecule has 1 atom stereocenters. The minimum absolute atomic E-state index is 0.103. The average molecular weight is 507 g/mol. The van der Waals surface area contributed by atoms with Crippen molar-refractivity contribution in [2.24, 2.45) is 5.41 Å². The molecule has 0 bridgehead atoms. The highest BCUT2D eigenvalue weighted by molar-refractivity contribution is 5.80. The van der Waals surface area contributed by atoms with E-state index in [0.717, 1.165) is 43.1 Å². The molecule has 2 rings (SSSR count). The van der Waals surface area contributed by atoms with E-state index in [0.29, 0.717) is 19.4 Å². The summed E-state index contributed by atoms with van der Waals surface area (Å²) in [6.07, 6.45) is 5.07. The number of carbonyl (C=O) groups is 1. The summed E-state index contributed by atoms with van der Waals surface area (Å²) < 4.78 is 52.2. The Morgan fingerprint density at radius 2 is 1.17 bits per heavy atom. The van der Waals surface area contributed by atoms with Crippen molar-refractivity contribution in [3.05, 3.63) is 48.5 Å². The first-order valence-electron chi connectivity index (χ1n) is 13.3. The summed E-state index contributed by atoms with van der Waals surface area (Å²) in [6.45, 7) is 5.83. The summed E-state index contributed by atoms with van der Waals surface area (Å²) in [6, 6.07) is 14.2. The first-order chi connectivity index (χ1) is 17.2. The van der Waals surface area contributed by atoms with Crippen molar-refractivity contribution < 1.29 is 27.4 Å². The Morgan fingerprint density at radius 3 is 1.69 bits per heavy atom. The van der Waals surface area contributed by atoms with E-state index in [2.05, 4.69) is 6.92 Å². The van der Waals surface area contributed by atoms with Gasteiger partial charge >= 0.3 is 12.1 Å². The standard InChI is InChI=1S/C30H41F3O3/c1-4-6-8-10-11-13-23-35-26-18-14-24(15-19-26)25-16-20-27(21-17-25)36-28(34)29(3,30(31,32)33)22-12-9-7-5-2/h14-21H,4-13,22-23H2,1-3H3. The molecule has 0 radical (unpaired) electrons. The molecule has 3 nitrogen and oxygen atoms in total. The van der Waals surface area contributed by atoms with Gasteiger partial charge in [-0.1, -0.05) is 95.9 Å². The van der Waals surface area contributed by atoms with E-state index in [4.69, 9.17) is 9.47 Å². The fraction of sp³-hybridized carbons (Fsp3) is 0.567. The number of benzene rings is 2. The highest BCUT2D eigenvalue weighted by Crippen LogP contribution is 2.43. The quantitative estimate of drug-likeness (QED) is 0.129. The van der Waals surface area contributed by atoms with Gasteiger partial charge in [-0.3, -0.25) is 4.79 Å². The van der Waals surface area contributed by atoms with Crippen molar-refractivity contribution in [1.29, 1.82) is 0 Å². The van der Waals surface area contributed by atoms with Crippen molar-refractivity contribution in [1.82, 2.24) is 0 Å². The number of hydrogen-bond donors (Lipinski definition) is 0. The second-order valence-electron chi connectivity index (χ2n) is 9.70. The molecule has 0 amide bonds. The minimum Gasteiger partial charge on any atom is -0.494 e. The van der Waals surface area contributed by atoms with E-state index in [1.54, 1.807) is 12.1 Å². The van der Waals surface area contributed by atoms with Crippen LogP contribution in [0, 0.1) is 5.41 Å². The molecule has 2 aromatic rings. The fourth-order valence-electron chi connectivity index (χ4n) is 4.02. The summed E-state index contributed by atoms with van der Waals surface area (Å²) in [7, 11) is 0. The second kappa shape index (κ2) is 14.9. The van der Waals surface area contributed by atoms with Gasteiger partial charge in [0.15, 0.2) is 5.41 Å². The lowest BCUT2D eigenvalue weighted by Gasteiger charge is -2.29. The summed E-state index contributed by atoms with van der Waals surface area (Å²) in [5.74, 6) is -0.346. The van der Waals surface area contributed by atoms with Crippen molar-refractivity contribution >= 4 is 5.97 Å². The molecule has 0 fully saturated rings. The number of alkyl halides is 3. The maximum Gasteiger partial charge on any atom is 0.404 e. The third-order valence-corrected chi connectivity index (χ3v) is 6.63. The summed E-state index contributed by atoms with van der Waals surface area (Å²) >= 11 is 0. The van der Waals surface area contributed by atoms with Crippen LogP contribution in [-0.2, 0) is 4.79 Å². The molecule has 0 saturated carbocycles. The normalized spacial score (nSPS) is 13.3. The van der Waals surface area contributed by atoms with Crippen molar-refractivity contribution in [2.75, 3.05) is 6.61 Å². The highest BCUT2D eigenvalue weighted by atomic mass is 19.4. The summed E-state index contributed by atoms with van der Waals surface area (Å²) in [5.41, 5.74) is -0.712. The highest BCUT2D eigenvalue weighted by Gasteiger charge is 2.57. The van der Waals surface area contributed by atoms with Crippen molar-refractivity contribution in [2.45, 2.75) is 97.6 Å². The van der Waals surface area contributed by atoms with Crippen LogP contribution in [0.1, 0.15) is 91.4 Å². The van der Waals surface area contributed by atoms with Crippen LogP contribution >= 0.6 is 0 Å². The molecule has 0 heterocycles. The molecule has 0 spiro atoms. The monoisotopic (exact) mass is 506 g/mol. The van der Waals surface area contributed by atoms with Gasteiger partial charge < -0.3 is 9.47 Å². The van der Waals surface area contributed by atoms with Crippen LogP contribution in [0.2, 0.25) is 0 Å². The minimum atomic E-state index is -4.67. The Labute approximate surface area is 214 Å². The number of halogens is 3. The third-order valence-electron chi connectivity index (χ3n) is 6.63. The predicted octanol–water partition coefficient (Wildman–Crippen LogP) is 9.54. The molecule has 0 N–H and O–H groups in total. The smallest absolute Gasteiger partial charge is 0.404 e. The SMILES string of the molecule is CCCCCCCCOc1ccc(-c2ccc(OC(=O)C(C)(CCCCCC)C(F)(F)F)cc2)cc1. The molecular formula is C30H41F3O3. The first-order valence-corrected chi connectivity index (χ1v) is 13.3. The van der Waals surface area contributed by atoms with Crippen LogP contribution in [0.25, 0.3) is 11.1 Å². The first kappa shape index (κ1) is 29.7. The van der Waals surface area contributed by atoms with Crippen LogP contribution in [0.5, 0.6) is 11.5 Å². The molecule has 0 aliphatic heterocycles. The molecule has 0 aromatic heterocycles. The van der Waals surface area contributed by atoms with E-state index >= 15 is 0 Å². The van der Waals surface area contributed by atoms with Gasteiger partial charge in [-0.2, -0.15) is 13.2 Å². The third kappa shape index (κ3) is 9.18. The molecular weight excluding hydrogens is 465 g/mol. The lowest BCUT2D eigenvalue weighted by molar-refractivity contribution is -0.226. The molecule has 0 aliphatic carbocycles. The van der Waals surface area contributed by atoms with E-state index in [-0.39, 0.29) is 12.2 Å². The summed E-state index contributed by atoms with van der Waals surface area (Å²) in [5, 5.41) is 0. The largest absolute Gasteiger partial charge is 0.494 e. The number of esters is 1. The van der Waals surface area contributed by atoms with Crippen LogP contribution in [0.15, 0.2) is 48.5 Å². The Kier molecular flexibility index (Phi) is 12.3. The molecule has 6 heteroatoms. The van der Waals surface area contributed by atoms with Gasteiger partial charge in [0.1, 0.15) is 11.5 Å². The Balaban J connectivity index is 1.91. The topological polar surface area (TPSA) is 35.5 Å². The van der Waals surface area contributed by atoms with E-state index < -0.39 is 17.6 Å². The molecule has 1 unspecified atom stereocenters. The van der Waals surface area contributed by atoms with Crippen molar-refractivity contribution in [3.63, 3.8) is 0 Å². The van der Waals surface area contributed by atoms with E-state index in [1.165, 1.54) is 44.2 Å². The Hall–Kier alpha value is -2.50. The zero-order valence-corrected chi connectivity index (χ0v) is 22.0. The van der Waals surface area contributed by atoms with Gasteiger partial charge in [-0.05, 0) is 55.2 Å². The van der Waals surface area contributed by atoms with Gasteiger partial charge in [-0.25, -0.2) is 0 Å². The lowest BCUT2D eigenvalue weighted by Crippen LogP contribution is -2.45. The number of carbonyl (C=O) groups excluding carboxylic acids is 1.